The summed E-state index contributed by atoms with van der Waals surface area (Å²) in [4.78, 5) is 13.8. The zero-order valence-corrected chi connectivity index (χ0v) is 13.7. The van der Waals surface area contributed by atoms with Gasteiger partial charge in [-0.05, 0) is 29.5 Å². The van der Waals surface area contributed by atoms with Gasteiger partial charge in [-0.3, -0.25) is 4.90 Å². The smallest absolute Gasteiger partial charge is 0.312 e. The number of nitrogens with two attached hydrogens (primary N) is 1. The van der Waals surface area contributed by atoms with Crippen LogP contribution in [-0.2, 0) is 0 Å². The Morgan fingerprint density at radius 3 is 2.50 bits per heavy atom. The third-order valence-electron chi connectivity index (χ3n) is 5.41. The van der Waals surface area contributed by atoms with E-state index in [1.54, 1.807) is 0 Å². The number of rotatable bonds is 2. The Labute approximate surface area is 142 Å². The molecule has 0 aliphatic carbocycles. The molecule has 2 aromatic rings. The second-order valence-corrected chi connectivity index (χ2v) is 6.83. The first-order valence-electron chi connectivity index (χ1n) is 8.66. The van der Waals surface area contributed by atoms with Crippen molar-refractivity contribution in [3.8, 4) is 0 Å². The average molecular weight is 321 g/mol. The third-order valence-corrected chi connectivity index (χ3v) is 5.41. The van der Waals surface area contributed by atoms with Crippen LogP contribution in [-0.4, -0.2) is 30.1 Å². The molecule has 4 nitrogen and oxygen atoms in total. The summed E-state index contributed by atoms with van der Waals surface area (Å²) >= 11 is 0. The molecular formula is C20H23N3O. The molecule has 2 heterocycles. The number of carbonyl (C=O) groups is 1. The lowest BCUT2D eigenvalue weighted by atomic mass is 9.78. The van der Waals surface area contributed by atoms with Gasteiger partial charge in [0.1, 0.15) is 0 Å². The predicted molar refractivity (Wildman–Crippen MR) is 94.8 cm³/mol. The molecule has 0 spiro atoms. The summed E-state index contributed by atoms with van der Waals surface area (Å²) in [5.74, 6) is 0.416. The van der Waals surface area contributed by atoms with Gasteiger partial charge in [0, 0.05) is 31.1 Å². The molecule has 0 aromatic heterocycles. The van der Waals surface area contributed by atoms with Crippen LogP contribution in [0, 0.1) is 0 Å². The molecule has 0 radical (unpaired) electrons. The molecule has 4 heteroatoms. The molecule has 0 bridgehead atoms. The van der Waals surface area contributed by atoms with Crippen molar-refractivity contribution in [1.29, 1.82) is 0 Å². The monoisotopic (exact) mass is 321 g/mol. The van der Waals surface area contributed by atoms with Gasteiger partial charge in [-0.1, -0.05) is 54.6 Å². The summed E-state index contributed by atoms with van der Waals surface area (Å²) in [7, 11) is 0. The highest BCUT2D eigenvalue weighted by Gasteiger charge is 2.37. The number of urea groups is 1. The minimum atomic E-state index is -0.417. The van der Waals surface area contributed by atoms with Crippen LogP contribution in [0.4, 0.5) is 4.79 Å². The van der Waals surface area contributed by atoms with E-state index in [4.69, 9.17) is 5.73 Å². The molecule has 4 rings (SSSR count). The van der Waals surface area contributed by atoms with Crippen LogP contribution >= 0.6 is 0 Å². The number of carbonyl (C=O) groups excluding carboxylic acids is 1. The number of nitrogens with zero attached hydrogens (tertiary/aromatic N) is 1. The Balaban J connectivity index is 1.68. The van der Waals surface area contributed by atoms with Crippen LogP contribution in [0.25, 0.3) is 0 Å². The van der Waals surface area contributed by atoms with Gasteiger partial charge in [-0.2, -0.15) is 0 Å². The largest absolute Gasteiger partial charge is 0.352 e. The number of benzene rings is 2. The Morgan fingerprint density at radius 2 is 1.75 bits per heavy atom. The van der Waals surface area contributed by atoms with Crippen molar-refractivity contribution in [2.45, 2.75) is 30.8 Å². The van der Waals surface area contributed by atoms with E-state index in [2.05, 4.69) is 64.8 Å². The molecule has 3 N–H and O–H groups in total. The molecule has 0 saturated carbocycles. The minimum absolute atomic E-state index is 0.171. The van der Waals surface area contributed by atoms with Gasteiger partial charge in [0.05, 0.1) is 0 Å². The van der Waals surface area contributed by atoms with Crippen LogP contribution in [0.1, 0.15) is 41.5 Å². The predicted octanol–water partition coefficient (Wildman–Crippen LogP) is 3.01. The summed E-state index contributed by atoms with van der Waals surface area (Å²) < 4.78 is 0. The number of fused-ring (bicyclic) bond motifs is 3. The van der Waals surface area contributed by atoms with Crippen LogP contribution in [0.5, 0.6) is 0 Å². The average Bonchev–Trinajstić information content (AvgIpc) is 2.61. The summed E-state index contributed by atoms with van der Waals surface area (Å²) in [5, 5.41) is 2.90. The fourth-order valence-corrected chi connectivity index (χ4v) is 4.32. The van der Waals surface area contributed by atoms with Crippen molar-refractivity contribution in [2.75, 3.05) is 13.1 Å². The van der Waals surface area contributed by atoms with Crippen molar-refractivity contribution in [3.63, 3.8) is 0 Å². The lowest BCUT2D eigenvalue weighted by Crippen LogP contribution is -2.50. The summed E-state index contributed by atoms with van der Waals surface area (Å²) in [6.45, 7) is 2.03. The zero-order chi connectivity index (χ0) is 16.5. The molecule has 1 fully saturated rings. The van der Waals surface area contributed by atoms with E-state index in [-0.39, 0.29) is 6.04 Å². The van der Waals surface area contributed by atoms with Crippen molar-refractivity contribution in [2.24, 2.45) is 5.73 Å². The van der Waals surface area contributed by atoms with E-state index in [1.165, 1.54) is 16.7 Å². The summed E-state index contributed by atoms with van der Waals surface area (Å²) in [6.07, 6.45) is 1.89. The van der Waals surface area contributed by atoms with Gasteiger partial charge in [-0.25, -0.2) is 4.79 Å². The number of nitrogens with one attached hydrogen (secondary N) is 1. The van der Waals surface area contributed by atoms with Gasteiger partial charge in [0.15, 0.2) is 0 Å². The number of piperidine rings is 1. The van der Waals surface area contributed by atoms with Crippen molar-refractivity contribution in [3.05, 3.63) is 71.3 Å². The van der Waals surface area contributed by atoms with Crippen LogP contribution in [0.2, 0.25) is 0 Å². The van der Waals surface area contributed by atoms with E-state index in [0.717, 1.165) is 25.9 Å². The van der Waals surface area contributed by atoms with Gasteiger partial charge in [-0.15, -0.1) is 0 Å². The standard InChI is InChI=1S/C20H23N3O/c21-20(24)22-15-10-11-23-13-18(14-6-2-1-3-7-14)16-8-4-5-9-17(16)19(23)12-15/h1-9,15,18-19H,10-13H2,(H3,21,22,24). The number of amides is 2. The van der Waals surface area contributed by atoms with Crippen molar-refractivity contribution >= 4 is 6.03 Å². The van der Waals surface area contributed by atoms with Crippen LogP contribution in [0.3, 0.4) is 0 Å². The fourth-order valence-electron chi connectivity index (χ4n) is 4.32. The SMILES string of the molecule is NC(=O)NC1CCN2CC(c3ccccc3)c3ccccc3C2C1. The maximum Gasteiger partial charge on any atom is 0.312 e. The van der Waals surface area contributed by atoms with Gasteiger partial charge >= 0.3 is 6.03 Å². The molecule has 2 aliphatic heterocycles. The molecule has 3 unspecified atom stereocenters. The Hall–Kier alpha value is -2.33. The Morgan fingerprint density at radius 1 is 1.04 bits per heavy atom. The maximum atomic E-state index is 11.2. The van der Waals surface area contributed by atoms with E-state index < -0.39 is 6.03 Å². The van der Waals surface area contributed by atoms with E-state index >= 15 is 0 Å². The highest BCUT2D eigenvalue weighted by molar-refractivity contribution is 5.72. The number of primary amides is 1. The van der Waals surface area contributed by atoms with Gasteiger partial charge in [0.25, 0.3) is 0 Å². The quantitative estimate of drug-likeness (QED) is 0.893. The van der Waals surface area contributed by atoms with E-state index in [0.29, 0.717) is 12.0 Å². The fraction of sp³-hybridized carbons (Fsp3) is 0.350. The first kappa shape index (κ1) is 15.2. The van der Waals surface area contributed by atoms with E-state index in [9.17, 15) is 4.79 Å². The molecule has 3 atom stereocenters. The highest BCUT2D eigenvalue weighted by Crippen LogP contribution is 2.43. The Bertz CT molecular complexity index is 731. The lowest BCUT2D eigenvalue weighted by molar-refractivity contribution is 0.111. The van der Waals surface area contributed by atoms with Crippen molar-refractivity contribution < 1.29 is 4.79 Å². The van der Waals surface area contributed by atoms with Crippen LogP contribution < -0.4 is 11.1 Å². The second-order valence-electron chi connectivity index (χ2n) is 6.83. The van der Waals surface area contributed by atoms with Crippen molar-refractivity contribution in [1.82, 2.24) is 10.2 Å². The normalized spacial score (nSPS) is 26.2. The van der Waals surface area contributed by atoms with Gasteiger partial charge in [0.2, 0.25) is 0 Å². The third kappa shape index (κ3) is 2.78. The second kappa shape index (κ2) is 6.29. The molecule has 2 aliphatic rings. The molecule has 2 aromatic carbocycles. The minimum Gasteiger partial charge on any atom is -0.352 e. The lowest BCUT2D eigenvalue weighted by Gasteiger charge is -2.46. The first-order valence-corrected chi connectivity index (χ1v) is 8.66. The van der Waals surface area contributed by atoms with E-state index in [1.807, 2.05) is 0 Å². The molecule has 124 valence electrons. The first-order chi connectivity index (χ1) is 11.7. The van der Waals surface area contributed by atoms with Crippen LogP contribution in [0.15, 0.2) is 54.6 Å². The zero-order valence-electron chi connectivity index (χ0n) is 13.7. The highest BCUT2D eigenvalue weighted by atomic mass is 16.2. The molecule has 1 saturated heterocycles. The molecule has 24 heavy (non-hydrogen) atoms. The molecular weight excluding hydrogens is 298 g/mol. The topological polar surface area (TPSA) is 58.4 Å². The Kier molecular flexibility index (Phi) is 3.98. The summed E-state index contributed by atoms with van der Waals surface area (Å²) in [5.41, 5.74) is 9.51. The molecule has 2 amide bonds. The maximum absolute atomic E-state index is 11.2. The number of hydrogen-bond acceptors (Lipinski definition) is 2. The summed E-state index contributed by atoms with van der Waals surface area (Å²) in [6, 6.07) is 19.6. The van der Waals surface area contributed by atoms with Gasteiger partial charge < -0.3 is 11.1 Å². The number of hydrogen-bond donors (Lipinski definition) is 2.